The predicted octanol–water partition coefficient (Wildman–Crippen LogP) is 8.32. The number of rotatable bonds is 10. The van der Waals surface area contributed by atoms with Crippen LogP contribution in [0.25, 0.3) is 0 Å². The first-order valence-electron chi connectivity index (χ1n) is 15.8. The van der Waals surface area contributed by atoms with Crippen molar-refractivity contribution in [3.05, 3.63) is 22.8 Å². The highest BCUT2D eigenvalue weighted by atomic mass is 16.7. The quantitative estimate of drug-likeness (QED) is 0.206. The zero-order valence-corrected chi connectivity index (χ0v) is 26.2. The van der Waals surface area contributed by atoms with Crippen molar-refractivity contribution in [3.63, 3.8) is 0 Å². The van der Waals surface area contributed by atoms with Crippen LogP contribution >= 0.6 is 0 Å². The number of fused-ring (bicyclic) bond motifs is 1. The normalized spacial score (nSPS) is 34.5. The van der Waals surface area contributed by atoms with Gasteiger partial charge in [0.2, 0.25) is 0 Å². The summed E-state index contributed by atoms with van der Waals surface area (Å²) >= 11 is 0. The van der Waals surface area contributed by atoms with E-state index < -0.39 is 0 Å². The summed E-state index contributed by atoms with van der Waals surface area (Å²) in [6.45, 7) is 18.3. The van der Waals surface area contributed by atoms with Crippen molar-refractivity contribution >= 4 is 0 Å². The molecule has 1 aliphatic heterocycles. The Morgan fingerprint density at radius 3 is 2.62 bits per heavy atom. The Bertz CT molecular complexity index is 945. The van der Waals surface area contributed by atoms with Gasteiger partial charge in [0.15, 0.2) is 6.29 Å². The van der Waals surface area contributed by atoms with Crippen molar-refractivity contribution in [2.24, 2.45) is 40.9 Å². The zero-order valence-electron chi connectivity index (χ0n) is 26.2. The monoisotopic (exact) mass is 540 g/mol. The van der Waals surface area contributed by atoms with Crippen LogP contribution in [0.2, 0.25) is 0 Å². The lowest BCUT2D eigenvalue weighted by molar-refractivity contribution is -0.118. The van der Waals surface area contributed by atoms with E-state index in [0.717, 1.165) is 44.3 Å². The van der Waals surface area contributed by atoms with E-state index in [9.17, 15) is 0 Å². The molecule has 0 N–H and O–H groups in total. The van der Waals surface area contributed by atoms with Gasteiger partial charge in [-0.05, 0) is 100 Å². The molecule has 4 aliphatic rings. The molecular formula is C35H56O4. The minimum absolute atomic E-state index is 0.0581. The molecule has 4 rings (SSSR count). The van der Waals surface area contributed by atoms with Crippen LogP contribution in [-0.2, 0) is 18.9 Å². The summed E-state index contributed by atoms with van der Waals surface area (Å²) in [6.07, 6.45) is 13.1. The van der Waals surface area contributed by atoms with Gasteiger partial charge in [0.1, 0.15) is 6.79 Å². The van der Waals surface area contributed by atoms with Crippen LogP contribution in [0.3, 0.4) is 0 Å². The summed E-state index contributed by atoms with van der Waals surface area (Å²) < 4.78 is 22.8. The molecule has 0 bridgehead atoms. The van der Waals surface area contributed by atoms with E-state index in [0.29, 0.717) is 30.5 Å². The van der Waals surface area contributed by atoms with Gasteiger partial charge in [-0.1, -0.05) is 64.0 Å². The molecule has 1 saturated heterocycles. The van der Waals surface area contributed by atoms with Gasteiger partial charge < -0.3 is 18.9 Å². The molecule has 0 radical (unpaired) electrons. The van der Waals surface area contributed by atoms with Gasteiger partial charge in [0.25, 0.3) is 0 Å². The maximum atomic E-state index is 5.91. The summed E-state index contributed by atoms with van der Waals surface area (Å²) in [5.41, 5.74) is 4.46. The van der Waals surface area contributed by atoms with Crippen molar-refractivity contribution in [3.8, 4) is 11.8 Å². The average Bonchev–Trinajstić information content (AvgIpc) is 3.50. The largest absolute Gasteiger partial charge is 0.359 e. The summed E-state index contributed by atoms with van der Waals surface area (Å²) in [4.78, 5) is 0. The molecule has 7 unspecified atom stereocenters. The summed E-state index contributed by atoms with van der Waals surface area (Å²) in [7, 11) is 1.69. The predicted molar refractivity (Wildman–Crippen MR) is 159 cm³/mol. The fraction of sp³-hybridized carbons (Fsp3) is 0.829. The van der Waals surface area contributed by atoms with Gasteiger partial charge in [-0.3, -0.25) is 0 Å². The second-order valence-electron chi connectivity index (χ2n) is 14.3. The zero-order chi connectivity index (χ0) is 28.2. The molecule has 2 fully saturated rings. The van der Waals surface area contributed by atoms with Crippen LogP contribution in [0.15, 0.2) is 22.8 Å². The summed E-state index contributed by atoms with van der Waals surface area (Å²) in [5, 5.41) is 0. The molecule has 0 amide bonds. The molecule has 3 aliphatic carbocycles. The molecule has 7 atom stereocenters. The Balaban J connectivity index is 1.51. The Morgan fingerprint density at radius 2 is 1.90 bits per heavy atom. The minimum Gasteiger partial charge on any atom is -0.359 e. The molecule has 0 aromatic carbocycles. The number of ether oxygens (including phenoxy) is 4. The van der Waals surface area contributed by atoms with Crippen LogP contribution in [0, 0.1) is 52.8 Å². The molecule has 0 aromatic heterocycles. The highest BCUT2D eigenvalue weighted by Crippen LogP contribution is 2.60. The molecular weight excluding hydrogens is 484 g/mol. The lowest BCUT2D eigenvalue weighted by Crippen LogP contribution is -2.38. The molecule has 4 heteroatoms. The van der Waals surface area contributed by atoms with Crippen molar-refractivity contribution in [2.75, 3.05) is 27.1 Å². The van der Waals surface area contributed by atoms with Gasteiger partial charge in [0, 0.05) is 24.7 Å². The standard InChI is InChI=1S/C35H56O4/c1-24-18-26(3)27(4)29(19-24)11-12-30-20-28(21-33-37-16-17-38-33)22-35(7)31(13-14-32(30)35)25(2)10-9-15-34(5,6)39-23-36-8/h20,24-26,28,31-33H,9-10,13-19,21-23H2,1-8H3. The lowest BCUT2D eigenvalue weighted by atomic mass is 9.59. The van der Waals surface area contributed by atoms with Crippen molar-refractivity contribution in [2.45, 2.75) is 118 Å². The second kappa shape index (κ2) is 13.2. The van der Waals surface area contributed by atoms with Crippen LogP contribution in [0.1, 0.15) is 106 Å². The number of hydrogen-bond acceptors (Lipinski definition) is 4. The lowest BCUT2D eigenvalue weighted by Gasteiger charge is -2.45. The van der Waals surface area contributed by atoms with Crippen molar-refractivity contribution in [1.29, 1.82) is 0 Å². The first-order valence-corrected chi connectivity index (χ1v) is 15.8. The molecule has 220 valence electrons. The van der Waals surface area contributed by atoms with E-state index in [-0.39, 0.29) is 17.3 Å². The molecule has 0 spiro atoms. The number of allylic oxidation sites excluding steroid dienone is 4. The van der Waals surface area contributed by atoms with E-state index in [4.69, 9.17) is 18.9 Å². The van der Waals surface area contributed by atoms with E-state index in [1.165, 1.54) is 55.2 Å². The second-order valence-corrected chi connectivity index (χ2v) is 14.3. The fourth-order valence-corrected chi connectivity index (χ4v) is 8.38. The minimum atomic E-state index is -0.137. The van der Waals surface area contributed by atoms with Crippen LogP contribution < -0.4 is 0 Å². The molecule has 39 heavy (non-hydrogen) atoms. The third kappa shape index (κ3) is 7.59. The third-order valence-electron chi connectivity index (χ3n) is 10.7. The Labute approximate surface area is 239 Å². The van der Waals surface area contributed by atoms with Gasteiger partial charge in [-0.15, -0.1) is 0 Å². The summed E-state index contributed by atoms with van der Waals surface area (Å²) in [6, 6.07) is 0. The van der Waals surface area contributed by atoms with Gasteiger partial charge in [0.05, 0.1) is 18.8 Å². The van der Waals surface area contributed by atoms with Crippen molar-refractivity contribution < 1.29 is 18.9 Å². The molecule has 4 nitrogen and oxygen atoms in total. The smallest absolute Gasteiger partial charge is 0.158 e. The maximum Gasteiger partial charge on any atom is 0.158 e. The highest BCUT2D eigenvalue weighted by Gasteiger charge is 2.52. The van der Waals surface area contributed by atoms with Gasteiger partial charge in [-0.2, -0.15) is 0 Å². The Kier molecular flexibility index (Phi) is 10.5. The van der Waals surface area contributed by atoms with E-state index in [1.807, 2.05) is 0 Å². The maximum absolute atomic E-state index is 5.91. The number of methoxy groups -OCH3 is 1. The molecule has 1 saturated carbocycles. The number of hydrogen-bond donors (Lipinski definition) is 0. The first kappa shape index (κ1) is 30.8. The molecule has 0 aromatic rings. The van der Waals surface area contributed by atoms with Gasteiger partial charge >= 0.3 is 0 Å². The highest BCUT2D eigenvalue weighted by molar-refractivity contribution is 5.44. The Hall–Kier alpha value is -1.12. The van der Waals surface area contributed by atoms with E-state index in [1.54, 1.807) is 7.11 Å². The van der Waals surface area contributed by atoms with Crippen LogP contribution in [0.4, 0.5) is 0 Å². The Morgan fingerprint density at radius 1 is 1.15 bits per heavy atom. The van der Waals surface area contributed by atoms with E-state index >= 15 is 0 Å². The topological polar surface area (TPSA) is 36.9 Å². The van der Waals surface area contributed by atoms with Gasteiger partial charge in [-0.25, -0.2) is 0 Å². The first-order chi connectivity index (χ1) is 18.5. The van der Waals surface area contributed by atoms with E-state index in [2.05, 4.69) is 66.4 Å². The van der Waals surface area contributed by atoms with Crippen LogP contribution in [0.5, 0.6) is 0 Å². The van der Waals surface area contributed by atoms with Crippen LogP contribution in [-0.4, -0.2) is 39.0 Å². The SMILES string of the molecule is COCOC(C)(C)CCCC(C)C1CCC2C(C#CC3=C(C)C(C)CC(C)C3)=CC(CC3OCCO3)CC21C. The molecule has 1 heterocycles. The average molecular weight is 541 g/mol. The third-order valence-corrected chi connectivity index (χ3v) is 10.7. The fourth-order valence-electron chi connectivity index (χ4n) is 8.38. The summed E-state index contributed by atoms with van der Waals surface area (Å²) in [5.74, 6) is 11.4. The van der Waals surface area contributed by atoms with Crippen molar-refractivity contribution in [1.82, 2.24) is 0 Å².